The summed E-state index contributed by atoms with van der Waals surface area (Å²) in [5, 5.41) is 7.57. The topological polar surface area (TPSA) is 56.1 Å². The van der Waals surface area contributed by atoms with E-state index in [1.807, 2.05) is 0 Å². The first-order valence-corrected chi connectivity index (χ1v) is 10.8. The quantitative estimate of drug-likeness (QED) is 0.340. The number of carbonyl (C=O) groups excluding carboxylic acids is 1. The zero-order valence-corrected chi connectivity index (χ0v) is 19.2. The summed E-state index contributed by atoms with van der Waals surface area (Å²) in [6, 6.07) is 14.6. The summed E-state index contributed by atoms with van der Waals surface area (Å²) < 4.78 is 61.1. The van der Waals surface area contributed by atoms with Gasteiger partial charge in [0.25, 0.3) is 5.91 Å². The fourth-order valence-corrected chi connectivity index (χ4v) is 3.99. The van der Waals surface area contributed by atoms with Gasteiger partial charge in [-0.2, -0.15) is 13.9 Å². The number of nitrogens with zero attached hydrogens (tertiary/aromatic N) is 2. The summed E-state index contributed by atoms with van der Waals surface area (Å²) in [5.41, 5.74) is 2.54. The maximum absolute atomic E-state index is 13.7. The van der Waals surface area contributed by atoms with Crippen molar-refractivity contribution in [3.05, 3.63) is 84.1 Å². The number of carbonyl (C=O) groups is 1. The Balaban J connectivity index is 1.76. The number of benzene rings is 3. The lowest BCUT2D eigenvalue weighted by Crippen LogP contribution is -2.46. The van der Waals surface area contributed by atoms with Crippen LogP contribution in [0.25, 0.3) is 22.0 Å². The first-order chi connectivity index (χ1) is 16.6. The Morgan fingerprint density at radius 2 is 1.66 bits per heavy atom. The number of amides is 1. The summed E-state index contributed by atoms with van der Waals surface area (Å²) in [7, 11) is 1.53. The third kappa shape index (κ3) is 4.99. The second-order valence-electron chi connectivity index (χ2n) is 8.36. The number of halogens is 4. The molecular weight excluding hydrogens is 462 g/mol. The Morgan fingerprint density at radius 3 is 2.29 bits per heavy atom. The van der Waals surface area contributed by atoms with Crippen LogP contribution in [-0.2, 0) is 4.79 Å². The standard InChI is InChI=1S/C26H23F4N3O2/c1-15(32-25(34)26(2,29)30)24(16-4-8-20(35-3)9-5-16)33-23-11-7-17(12-19(23)14-31-33)18-6-10-21(27)22(28)13-18/h4-15,24H,1-3H3,(H,32,34)/t15-,24-/m0/s1. The fraction of sp³-hybridized carbons (Fsp3) is 0.231. The summed E-state index contributed by atoms with van der Waals surface area (Å²) in [4.78, 5) is 12.0. The van der Waals surface area contributed by atoms with Gasteiger partial charge in [-0.1, -0.05) is 24.3 Å². The van der Waals surface area contributed by atoms with Crippen molar-refractivity contribution in [3.8, 4) is 16.9 Å². The van der Waals surface area contributed by atoms with Crippen molar-refractivity contribution in [2.45, 2.75) is 31.9 Å². The molecule has 0 aliphatic heterocycles. The molecule has 0 saturated heterocycles. The van der Waals surface area contributed by atoms with Crippen LogP contribution in [0.15, 0.2) is 66.9 Å². The van der Waals surface area contributed by atoms with E-state index in [1.165, 1.54) is 13.2 Å². The Kier molecular flexibility index (Phi) is 6.51. The second kappa shape index (κ2) is 9.40. The molecule has 5 nitrogen and oxygen atoms in total. The summed E-state index contributed by atoms with van der Waals surface area (Å²) in [5.74, 6) is -6.19. The highest BCUT2D eigenvalue weighted by atomic mass is 19.3. The van der Waals surface area contributed by atoms with E-state index < -0.39 is 35.5 Å². The number of hydrogen-bond donors (Lipinski definition) is 1. The number of aromatic nitrogens is 2. The number of fused-ring (bicyclic) bond motifs is 1. The predicted molar refractivity (Wildman–Crippen MR) is 124 cm³/mol. The van der Waals surface area contributed by atoms with Crippen LogP contribution >= 0.6 is 0 Å². The molecular formula is C26H23F4N3O2. The second-order valence-corrected chi connectivity index (χ2v) is 8.36. The Hall–Kier alpha value is -3.88. The normalized spacial score (nSPS) is 13.5. The monoisotopic (exact) mass is 485 g/mol. The van der Waals surface area contributed by atoms with Gasteiger partial charge in [-0.3, -0.25) is 9.48 Å². The van der Waals surface area contributed by atoms with Crippen molar-refractivity contribution >= 4 is 16.8 Å². The van der Waals surface area contributed by atoms with E-state index in [4.69, 9.17) is 4.74 Å². The van der Waals surface area contributed by atoms with Crippen molar-refractivity contribution in [1.29, 1.82) is 0 Å². The molecule has 0 fully saturated rings. The summed E-state index contributed by atoms with van der Waals surface area (Å²) >= 11 is 0. The zero-order valence-electron chi connectivity index (χ0n) is 19.2. The van der Waals surface area contributed by atoms with Gasteiger partial charge < -0.3 is 10.1 Å². The third-order valence-electron chi connectivity index (χ3n) is 5.80. The lowest BCUT2D eigenvalue weighted by atomic mass is 9.99. The van der Waals surface area contributed by atoms with E-state index in [0.29, 0.717) is 40.3 Å². The van der Waals surface area contributed by atoms with E-state index in [-0.39, 0.29) is 0 Å². The molecule has 0 radical (unpaired) electrons. The Bertz CT molecular complexity index is 1360. The lowest BCUT2D eigenvalue weighted by Gasteiger charge is -2.27. The molecule has 4 aromatic rings. The Morgan fingerprint density at radius 1 is 1.00 bits per heavy atom. The van der Waals surface area contributed by atoms with Crippen LogP contribution in [-0.4, -0.2) is 34.8 Å². The first-order valence-electron chi connectivity index (χ1n) is 10.8. The van der Waals surface area contributed by atoms with Crippen LogP contribution in [0.3, 0.4) is 0 Å². The summed E-state index contributed by atoms with van der Waals surface area (Å²) in [6.45, 7) is 2.17. The average Bonchev–Trinajstić information content (AvgIpc) is 3.23. The molecule has 0 unspecified atom stereocenters. The summed E-state index contributed by atoms with van der Waals surface area (Å²) in [6.07, 6.45) is 1.60. The minimum Gasteiger partial charge on any atom is -0.497 e. The highest BCUT2D eigenvalue weighted by molar-refractivity contribution is 5.85. The Labute approximate surface area is 199 Å². The largest absolute Gasteiger partial charge is 0.497 e. The molecule has 0 spiro atoms. The van der Waals surface area contributed by atoms with Gasteiger partial charge in [-0.05, 0) is 60.0 Å². The van der Waals surface area contributed by atoms with Crippen LogP contribution in [0.1, 0.15) is 25.5 Å². The van der Waals surface area contributed by atoms with Crippen molar-refractivity contribution < 1.29 is 27.1 Å². The molecule has 1 heterocycles. The van der Waals surface area contributed by atoms with Gasteiger partial charge in [0.05, 0.1) is 30.9 Å². The van der Waals surface area contributed by atoms with Gasteiger partial charge in [0.2, 0.25) is 0 Å². The van der Waals surface area contributed by atoms with E-state index in [0.717, 1.165) is 12.1 Å². The van der Waals surface area contributed by atoms with Crippen LogP contribution < -0.4 is 10.1 Å². The maximum Gasteiger partial charge on any atom is 0.321 e. The van der Waals surface area contributed by atoms with Crippen molar-refractivity contribution in [2.75, 3.05) is 7.11 Å². The number of ether oxygens (including phenoxy) is 1. The van der Waals surface area contributed by atoms with Crippen molar-refractivity contribution in [2.24, 2.45) is 0 Å². The molecule has 2 atom stereocenters. The van der Waals surface area contributed by atoms with E-state index in [2.05, 4.69) is 10.4 Å². The highest BCUT2D eigenvalue weighted by Gasteiger charge is 2.35. The number of alkyl halides is 2. The van der Waals surface area contributed by atoms with Gasteiger partial charge in [-0.25, -0.2) is 8.78 Å². The van der Waals surface area contributed by atoms with Crippen LogP contribution in [0.2, 0.25) is 0 Å². The molecule has 0 aliphatic rings. The minimum absolute atomic E-state index is 0.496. The molecule has 1 amide bonds. The molecule has 182 valence electrons. The van der Waals surface area contributed by atoms with Crippen LogP contribution in [0.4, 0.5) is 17.6 Å². The molecule has 0 aliphatic carbocycles. The van der Waals surface area contributed by atoms with Crippen LogP contribution in [0.5, 0.6) is 5.75 Å². The van der Waals surface area contributed by atoms with Gasteiger partial charge in [-0.15, -0.1) is 0 Å². The number of nitrogens with one attached hydrogen (secondary N) is 1. The van der Waals surface area contributed by atoms with E-state index >= 15 is 0 Å². The molecule has 35 heavy (non-hydrogen) atoms. The molecule has 9 heteroatoms. The molecule has 3 aromatic carbocycles. The lowest BCUT2D eigenvalue weighted by molar-refractivity contribution is -0.143. The third-order valence-corrected chi connectivity index (χ3v) is 5.80. The van der Waals surface area contributed by atoms with E-state index in [1.54, 1.807) is 60.3 Å². The minimum atomic E-state index is -3.54. The first kappa shape index (κ1) is 24.3. The van der Waals surface area contributed by atoms with Gasteiger partial charge in [0, 0.05) is 12.3 Å². The van der Waals surface area contributed by atoms with Crippen molar-refractivity contribution in [1.82, 2.24) is 15.1 Å². The van der Waals surface area contributed by atoms with Crippen molar-refractivity contribution in [3.63, 3.8) is 0 Å². The molecule has 1 aromatic heterocycles. The number of hydrogen-bond acceptors (Lipinski definition) is 3. The molecule has 0 bridgehead atoms. The number of rotatable bonds is 7. The zero-order chi connectivity index (χ0) is 25.3. The van der Waals surface area contributed by atoms with Crippen LogP contribution in [0, 0.1) is 11.6 Å². The smallest absolute Gasteiger partial charge is 0.321 e. The maximum atomic E-state index is 13.7. The number of methoxy groups -OCH3 is 1. The highest BCUT2D eigenvalue weighted by Crippen LogP contribution is 2.31. The fourth-order valence-electron chi connectivity index (χ4n) is 3.99. The van der Waals surface area contributed by atoms with E-state index in [9.17, 15) is 22.4 Å². The molecule has 0 saturated carbocycles. The molecule has 1 N–H and O–H groups in total. The average molecular weight is 485 g/mol. The van der Waals surface area contributed by atoms with Gasteiger partial charge >= 0.3 is 5.92 Å². The van der Waals surface area contributed by atoms with Gasteiger partial charge in [0.15, 0.2) is 11.6 Å². The predicted octanol–water partition coefficient (Wildman–Crippen LogP) is 5.74. The SMILES string of the molecule is COc1ccc([C@H]([C@H](C)NC(=O)C(C)(F)F)n2ncc3cc(-c4ccc(F)c(F)c4)ccc32)cc1. The van der Waals surface area contributed by atoms with Gasteiger partial charge in [0.1, 0.15) is 5.75 Å². The molecule has 4 rings (SSSR count).